The van der Waals surface area contributed by atoms with Crippen LogP contribution in [-0.4, -0.2) is 19.1 Å². The molecule has 1 aromatic rings. The van der Waals surface area contributed by atoms with Gasteiger partial charge in [-0.1, -0.05) is 32.1 Å². The molecule has 0 heterocycles. The molecule has 4 heteroatoms. The molecule has 110 valence electrons. The molecule has 2 rings (SSSR count). The molecule has 0 amide bonds. The molecule has 20 heavy (non-hydrogen) atoms. The zero-order valence-corrected chi connectivity index (χ0v) is 11.9. The van der Waals surface area contributed by atoms with Gasteiger partial charge in [-0.25, -0.2) is 9.18 Å². The van der Waals surface area contributed by atoms with Gasteiger partial charge in [-0.15, -0.1) is 0 Å². The summed E-state index contributed by atoms with van der Waals surface area (Å²) in [6.07, 6.45) is 6.93. The highest BCUT2D eigenvalue weighted by molar-refractivity contribution is 5.79. The number of carbonyl (C=O) groups is 1. The fraction of sp³-hybridized carbons (Fsp3) is 0.562. The first-order valence-electron chi connectivity index (χ1n) is 7.29. The van der Waals surface area contributed by atoms with Crippen LogP contribution >= 0.6 is 0 Å². The standard InChI is InChI=1S/C16H22FNO2/c1-20-16(19)15(11-12-5-3-2-4-6-12)18-14-9-7-13(17)8-10-14/h7-10,12,15,18H,2-6,11H2,1H3. The monoisotopic (exact) mass is 279 g/mol. The van der Waals surface area contributed by atoms with Crippen LogP contribution in [0.1, 0.15) is 38.5 Å². The van der Waals surface area contributed by atoms with Crippen LogP contribution in [-0.2, 0) is 9.53 Å². The first kappa shape index (κ1) is 14.8. The summed E-state index contributed by atoms with van der Waals surface area (Å²) >= 11 is 0. The summed E-state index contributed by atoms with van der Waals surface area (Å²) in [7, 11) is 1.41. The Labute approximate surface area is 119 Å². The van der Waals surface area contributed by atoms with E-state index >= 15 is 0 Å². The number of esters is 1. The number of anilines is 1. The van der Waals surface area contributed by atoms with Crippen molar-refractivity contribution in [3.8, 4) is 0 Å². The largest absolute Gasteiger partial charge is 0.467 e. The number of ether oxygens (including phenoxy) is 1. The predicted octanol–water partition coefficient (Wildman–Crippen LogP) is 3.75. The van der Waals surface area contributed by atoms with Gasteiger partial charge in [0.2, 0.25) is 0 Å². The summed E-state index contributed by atoms with van der Waals surface area (Å²) in [5, 5.41) is 3.16. The van der Waals surface area contributed by atoms with E-state index < -0.39 is 0 Å². The molecule has 1 fully saturated rings. The Morgan fingerprint density at radius 2 is 1.95 bits per heavy atom. The Kier molecular flexibility index (Phi) is 5.39. The van der Waals surface area contributed by atoms with E-state index in [0.29, 0.717) is 5.92 Å². The van der Waals surface area contributed by atoms with Crippen LogP contribution in [0.3, 0.4) is 0 Å². The molecule has 1 aliphatic rings. The van der Waals surface area contributed by atoms with Gasteiger partial charge in [-0.2, -0.15) is 0 Å². The highest BCUT2D eigenvalue weighted by atomic mass is 19.1. The lowest BCUT2D eigenvalue weighted by Gasteiger charge is -2.26. The Balaban J connectivity index is 1.99. The predicted molar refractivity (Wildman–Crippen MR) is 77.0 cm³/mol. The van der Waals surface area contributed by atoms with E-state index in [9.17, 15) is 9.18 Å². The summed E-state index contributed by atoms with van der Waals surface area (Å²) in [6.45, 7) is 0. The van der Waals surface area contributed by atoms with Crippen LogP contribution in [0.15, 0.2) is 24.3 Å². The summed E-state index contributed by atoms with van der Waals surface area (Å²) in [6, 6.07) is 5.71. The second-order valence-corrected chi connectivity index (χ2v) is 5.47. The molecule has 1 saturated carbocycles. The average Bonchev–Trinajstić information content (AvgIpc) is 2.49. The van der Waals surface area contributed by atoms with Crippen molar-refractivity contribution < 1.29 is 13.9 Å². The maximum Gasteiger partial charge on any atom is 0.328 e. The van der Waals surface area contributed by atoms with E-state index in [-0.39, 0.29) is 17.8 Å². The second kappa shape index (κ2) is 7.27. The lowest BCUT2D eigenvalue weighted by Crippen LogP contribution is -2.33. The zero-order valence-electron chi connectivity index (χ0n) is 11.9. The third kappa shape index (κ3) is 4.22. The lowest BCUT2D eigenvalue weighted by atomic mass is 9.85. The molecular weight excluding hydrogens is 257 g/mol. The molecule has 3 nitrogen and oxygen atoms in total. The van der Waals surface area contributed by atoms with E-state index in [1.165, 1.54) is 51.3 Å². The van der Waals surface area contributed by atoms with Gasteiger partial charge < -0.3 is 10.1 Å². The summed E-state index contributed by atoms with van der Waals surface area (Å²) < 4.78 is 17.8. The molecule has 0 radical (unpaired) electrons. The van der Waals surface area contributed by atoms with E-state index in [2.05, 4.69) is 5.32 Å². The SMILES string of the molecule is COC(=O)C(CC1CCCCC1)Nc1ccc(F)cc1. The van der Waals surface area contributed by atoms with Crippen LogP contribution in [0, 0.1) is 11.7 Å². The van der Waals surface area contributed by atoms with E-state index in [0.717, 1.165) is 12.1 Å². The molecule has 0 spiro atoms. The quantitative estimate of drug-likeness (QED) is 0.834. The number of hydrogen-bond acceptors (Lipinski definition) is 3. The molecule has 1 atom stereocenters. The smallest absolute Gasteiger partial charge is 0.328 e. The summed E-state index contributed by atoms with van der Waals surface area (Å²) in [5.41, 5.74) is 0.748. The van der Waals surface area contributed by atoms with Gasteiger partial charge in [0.1, 0.15) is 11.9 Å². The van der Waals surface area contributed by atoms with Crippen molar-refractivity contribution >= 4 is 11.7 Å². The third-order valence-electron chi connectivity index (χ3n) is 3.96. The first-order chi connectivity index (χ1) is 9.69. The van der Waals surface area contributed by atoms with E-state index in [1.54, 1.807) is 12.1 Å². The van der Waals surface area contributed by atoms with Gasteiger partial charge in [0.25, 0.3) is 0 Å². The van der Waals surface area contributed by atoms with Crippen molar-refractivity contribution in [1.82, 2.24) is 0 Å². The van der Waals surface area contributed by atoms with Crippen molar-refractivity contribution in [3.05, 3.63) is 30.1 Å². The van der Waals surface area contributed by atoms with Crippen molar-refractivity contribution in [2.24, 2.45) is 5.92 Å². The number of methoxy groups -OCH3 is 1. The number of halogens is 1. The third-order valence-corrected chi connectivity index (χ3v) is 3.96. The normalized spacial score (nSPS) is 17.5. The minimum Gasteiger partial charge on any atom is -0.467 e. The summed E-state index contributed by atoms with van der Waals surface area (Å²) in [5.74, 6) is 0.0399. The molecule has 0 bridgehead atoms. The van der Waals surface area contributed by atoms with Gasteiger partial charge in [-0.3, -0.25) is 0 Å². The number of benzene rings is 1. The van der Waals surface area contributed by atoms with E-state index in [4.69, 9.17) is 4.74 Å². The van der Waals surface area contributed by atoms with Gasteiger partial charge in [0.15, 0.2) is 0 Å². The molecule has 1 N–H and O–H groups in total. The molecule has 1 unspecified atom stereocenters. The second-order valence-electron chi connectivity index (χ2n) is 5.47. The number of rotatable bonds is 5. The first-order valence-corrected chi connectivity index (χ1v) is 7.29. The lowest BCUT2D eigenvalue weighted by molar-refractivity contribution is -0.142. The van der Waals surface area contributed by atoms with Crippen LogP contribution in [0.4, 0.5) is 10.1 Å². The Hall–Kier alpha value is -1.58. The van der Waals surface area contributed by atoms with Crippen LogP contribution < -0.4 is 5.32 Å². The topological polar surface area (TPSA) is 38.3 Å². The highest BCUT2D eigenvalue weighted by Gasteiger charge is 2.24. The van der Waals surface area contributed by atoms with Crippen molar-refractivity contribution in [2.45, 2.75) is 44.6 Å². The fourth-order valence-corrected chi connectivity index (χ4v) is 2.86. The number of hydrogen-bond donors (Lipinski definition) is 1. The Morgan fingerprint density at radius 1 is 1.30 bits per heavy atom. The van der Waals surface area contributed by atoms with Crippen LogP contribution in [0.2, 0.25) is 0 Å². The van der Waals surface area contributed by atoms with Gasteiger partial charge in [-0.05, 0) is 36.6 Å². The average molecular weight is 279 g/mol. The van der Waals surface area contributed by atoms with Gasteiger partial charge >= 0.3 is 5.97 Å². The number of nitrogens with one attached hydrogen (secondary N) is 1. The van der Waals surface area contributed by atoms with Crippen LogP contribution in [0.5, 0.6) is 0 Å². The van der Waals surface area contributed by atoms with Gasteiger partial charge in [0, 0.05) is 5.69 Å². The van der Waals surface area contributed by atoms with E-state index in [1.807, 2.05) is 0 Å². The minimum absolute atomic E-state index is 0.250. The zero-order chi connectivity index (χ0) is 14.4. The molecule has 1 aromatic carbocycles. The highest BCUT2D eigenvalue weighted by Crippen LogP contribution is 2.28. The molecular formula is C16H22FNO2. The Bertz CT molecular complexity index is 427. The maximum atomic E-state index is 12.9. The summed E-state index contributed by atoms with van der Waals surface area (Å²) in [4.78, 5) is 11.9. The Morgan fingerprint density at radius 3 is 2.55 bits per heavy atom. The van der Waals surface area contributed by atoms with Crippen molar-refractivity contribution in [3.63, 3.8) is 0 Å². The molecule has 0 aromatic heterocycles. The van der Waals surface area contributed by atoms with Gasteiger partial charge in [0.05, 0.1) is 7.11 Å². The van der Waals surface area contributed by atoms with Crippen LogP contribution in [0.25, 0.3) is 0 Å². The number of carbonyl (C=O) groups excluding carboxylic acids is 1. The molecule has 0 aliphatic heterocycles. The molecule has 0 saturated heterocycles. The van der Waals surface area contributed by atoms with Crippen molar-refractivity contribution in [2.75, 3.05) is 12.4 Å². The minimum atomic E-state index is -0.353. The van der Waals surface area contributed by atoms with Crippen molar-refractivity contribution in [1.29, 1.82) is 0 Å². The molecule has 1 aliphatic carbocycles. The fourth-order valence-electron chi connectivity index (χ4n) is 2.86. The maximum absolute atomic E-state index is 12.9.